The summed E-state index contributed by atoms with van der Waals surface area (Å²) in [6.07, 6.45) is 0. The summed E-state index contributed by atoms with van der Waals surface area (Å²) < 4.78 is 0. The van der Waals surface area contributed by atoms with E-state index in [1.807, 2.05) is 55.4 Å². The van der Waals surface area contributed by atoms with Crippen LogP contribution >= 0.6 is 0 Å². The molecule has 184 valence electrons. The van der Waals surface area contributed by atoms with E-state index in [0.29, 0.717) is 0 Å². The van der Waals surface area contributed by atoms with Crippen LogP contribution in [0.5, 0.6) is 0 Å². The molecule has 0 aromatic carbocycles. The SMILES string of the molecule is CC(C)NC(=O)C(=O)NC(C)C.CC(C)NC(=O)C(C)C.CC(C)NC(=O)NC(C)C. The minimum Gasteiger partial charge on any atom is -0.354 e. The van der Waals surface area contributed by atoms with E-state index in [-0.39, 0.29) is 48.1 Å². The van der Waals surface area contributed by atoms with E-state index in [4.69, 9.17) is 0 Å². The minimum absolute atomic E-state index is 0.00425. The van der Waals surface area contributed by atoms with Crippen molar-refractivity contribution in [2.45, 2.75) is 113 Å². The quantitative estimate of drug-likeness (QED) is 0.402. The van der Waals surface area contributed by atoms with E-state index in [1.165, 1.54) is 0 Å². The average molecular weight is 446 g/mol. The lowest BCUT2D eigenvalue weighted by Gasteiger charge is -2.11. The van der Waals surface area contributed by atoms with Gasteiger partial charge in [-0.2, -0.15) is 0 Å². The van der Waals surface area contributed by atoms with Crippen LogP contribution < -0.4 is 26.6 Å². The Morgan fingerprint density at radius 2 is 0.677 bits per heavy atom. The maximum Gasteiger partial charge on any atom is 0.315 e. The minimum atomic E-state index is -0.571. The first-order valence-corrected chi connectivity index (χ1v) is 11.0. The summed E-state index contributed by atoms with van der Waals surface area (Å²) in [4.78, 5) is 43.6. The number of carbonyl (C=O) groups is 4. The summed E-state index contributed by atoms with van der Waals surface area (Å²) >= 11 is 0. The van der Waals surface area contributed by atoms with Gasteiger partial charge in [0.1, 0.15) is 0 Å². The van der Waals surface area contributed by atoms with Crippen molar-refractivity contribution in [2.75, 3.05) is 0 Å². The van der Waals surface area contributed by atoms with Gasteiger partial charge in [0.05, 0.1) is 0 Å². The molecule has 0 aliphatic rings. The summed E-state index contributed by atoms with van der Waals surface area (Å²) in [5, 5.41) is 13.2. The number of carbonyl (C=O) groups excluding carboxylic acids is 4. The normalized spacial score (nSPS) is 10.3. The molecule has 0 atom stereocenters. The van der Waals surface area contributed by atoms with E-state index in [1.54, 1.807) is 27.7 Å². The van der Waals surface area contributed by atoms with E-state index >= 15 is 0 Å². The van der Waals surface area contributed by atoms with E-state index < -0.39 is 11.8 Å². The monoisotopic (exact) mass is 445 g/mol. The summed E-state index contributed by atoms with van der Waals surface area (Å²) in [5.74, 6) is -0.908. The highest BCUT2D eigenvalue weighted by Gasteiger charge is 2.14. The summed E-state index contributed by atoms with van der Waals surface area (Å²) in [6, 6.07) is 0.577. The van der Waals surface area contributed by atoms with Gasteiger partial charge in [-0.1, -0.05) is 13.8 Å². The van der Waals surface area contributed by atoms with Crippen LogP contribution in [0.15, 0.2) is 0 Å². The van der Waals surface area contributed by atoms with Crippen molar-refractivity contribution >= 4 is 23.8 Å². The first-order chi connectivity index (χ1) is 14.0. The second kappa shape index (κ2) is 18.4. The molecular weight excluding hydrogens is 398 g/mol. The van der Waals surface area contributed by atoms with Crippen LogP contribution in [0.25, 0.3) is 0 Å². The molecule has 0 aromatic rings. The lowest BCUT2D eigenvalue weighted by Crippen LogP contribution is -2.44. The van der Waals surface area contributed by atoms with E-state index in [9.17, 15) is 19.2 Å². The predicted octanol–water partition coefficient (Wildman–Crippen LogP) is 2.31. The number of urea groups is 1. The third-order valence-electron chi connectivity index (χ3n) is 2.84. The molecule has 0 spiro atoms. The largest absolute Gasteiger partial charge is 0.354 e. The van der Waals surface area contributed by atoms with Gasteiger partial charge in [-0.05, 0) is 69.2 Å². The van der Waals surface area contributed by atoms with E-state index in [0.717, 1.165) is 0 Å². The Labute approximate surface area is 189 Å². The molecule has 0 aromatic heterocycles. The molecule has 9 heteroatoms. The van der Waals surface area contributed by atoms with Crippen LogP contribution in [0.3, 0.4) is 0 Å². The molecule has 0 fully saturated rings. The zero-order valence-electron chi connectivity index (χ0n) is 21.6. The first kappa shape index (κ1) is 33.3. The standard InChI is InChI=1S/C8H16N2O2.C7H16N2O.C7H15NO/c1-5(2)9-7(11)8(12)10-6(3)4;1-5(2)8-7(10)9-6(3)4;1-5(2)7(9)8-6(3)4/h5-6H,1-4H3,(H,9,11)(H,10,12);5-6H,1-4H3,(H2,8,9,10);5-6H,1-4H3,(H,8,9). The van der Waals surface area contributed by atoms with Crippen LogP contribution in [0.2, 0.25) is 0 Å². The maximum atomic E-state index is 11.0. The Morgan fingerprint density at radius 3 is 0.839 bits per heavy atom. The molecule has 0 rings (SSSR count). The lowest BCUT2D eigenvalue weighted by molar-refractivity contribution is -0.139. The average Bonchev–Trinajstić information content (AvgIpc) is 2.52. The molecule has 0 radical (unpaired) electrons. The Hall–Kier alpha value is -2.32. The third kappa shape index (κ3) is 27.7. The van der Waals surface area contributed by atoms with Crippen LogP contribution in [-0.4, -0.2) is 54.0 Å². The molecule has 0 aliphatic carbocycles. The van der Waals surface area contributed by atoms with Crippen molar-refractivity contribution < 1.29 is 19.2 Å². The summed E-state index contributed by atoms with van der Waals surface area (Å²) in [7, 11) is 0. The zero-order valence-corrected chi connectivity index (χ0v) is 21.6. The topological polar surface area (TPSA) is 128 Å². The maximum absolute atomic E-state index is 11.0. The first-order valence-electron chi connectivity index (χ1n) is 11.0. The molecule has 0 saturated carbocycles. The molecule has 5 N–H and O–H groups in total. The lowest BCUT2D eigenvalue weighted by atomic mass is 10.2. The highest BCUT2D eigenvalue weighted by Crippen LogP contribution is 1.91. The van der Waals surface area contributed by atoms with Crippen molar-refractivity contribution in [1.29, 1.82) is 0 Å². The van der Waals surface area contributed by atoms with Crippen molar-refractivity contribution in [3.8, 4) is 0 Å². The molecule has 0 saturated heterocycles. The number of amides is 5. The van der Waals surface area contributed by atoms with Gasteiger partial charge in [0.25, 0.3) is 0 Å². The van der Waals surface area contributed by atoms with Gasteiger partial charge >= 0.3 is 17.8 Å². The van der Waals surface area contributed by atoms with Crippen LogP contribution in [0, 0.1) is 5.92 Å². The molecule has 0 aliphatic heterocycles. The Bertz CT molecular complexity index is 498. The Morgan fingerprint density at radius 1 is 0.419 bits per heavy atom. The van der Waals surface area contributed by atoms with Crippen LogP contribution in [-0.2, 0) is 14.4 Å². The van der Waals surface area contributed by atoms with Crippen molar-refractivity contribution in [1.82, 2.24) is 26.6 Å². The van der Waals surface area contributed by atoms with Crippen LogP contribution in [0.1, 0.15) is 83.1 Å². The van der Waals surface area contributed by atoms with Gasteiger partial charge in [-0.3, -0.25) is 14.4 Å². The zero-order chi connectivity index (χ0) is 25.3. The van der Waals surface area contributed by atoms with Gasteiger partial charge in [-0.25, -0.2) is 4.79 Å². The van der Waals surface area contributed by atoms with Gasteiger partial charge < -0.3 is 26.6 Å². The van der Waals surface area contributed by atoms with Crippen molar-refractivity contribution in [3.05, 3.63) is 0 Å². The molecular formula is C22H47N5O4. The third-order valence-corrected chi connectivity index (χ3v) is 2.84. The Kier molecular flexibility index (Phi) is 19.8. The van der Waals surface area contributed by atoms with Crippen molar-refractivity contribution in [3.63, 3.8) is 0 Å². The second-order valence-electron chi connectivity index (χ2n) is 9.00. The molecule has 0 unspecified atom stereocenters. The van der Waals surface area contributed by atoms with Gasteiger partial charge in [0.2, 0.25) is 5.91 Å². The Balaban J connectivity index is -0.000000384. The van der Waals surface area contributed by atoms with Crippen LogP contribution in [0.4, 0.5) is 4.79 Å². The fourth-order valence-corrected chi connectivity index (χ4v) is 1.67. The molecule has 31 heavy (non-hydrogen) atoms. The molecule has 5 amide bonds. The number of rotatable bonds is 6. The summed E-state index contributed by atoms with van der Waals surface area (Å²) in [5.41, 5.74) is 0. The second-order valence-corrected chi connectivity index (χ2v) is 9.00. The molecule has 9 nitrogen and oxygen atoms in total. The number of hydrogen-bond donors (Lipinski definition) is 5. The van der Waals surface area contributed by atoms with Gasteiger partial charge in [0.15, 0.2) is 0 Å². The highest BCUT2D eigenvalue weighted by molar-refractivity contribution is 6.35. The smallest absolute Gasteiger partial charge is 0.315 e. The predicted molar refractivity (Wildman–Crippen MR) is 127 cm³/mol. The van der Waals surface area contributed by atoms with E-state index in [2.05, 4.69) is 26.6 Å². The highest BCUT2D eigenvalue weighted by atomic mass is 16.2. The number of nitrogens with one attached hydrogen (secondary N) is 5. The summed E-state index contributed by atoms with van der Waals surface area (Å²) in [6.45, 7) is 22.6. The van der Waals surface area contributed by atoms with Gasteiger partial charge in [0, 0.05) is 36.1 Å². The number of hydrogen-bond acceptors (Lipinski definition) is 4. The fourth-order valence-electron chi connectivity index (χ4n) is 1.67. The molecule has 0 bridgehead atoms. The van der Waals surface area contributed by atoms with Gasteiger partial charge in [-0.15, -0.1) is 0 Å². The molecule has 0 heterocycles. The van der Waals surface area contributed by atoms with Crippen molar-refractivity contribution in [2.24, 2.45) is 5.92 Å². The fraction of sp³-hybridized carbons (Fsp3) is 0.818.